The molecular weight excluding hydrogens is 290 g/mol. The summed E-state index contributed by atoms with van der Waals surface area (Å²) in [5.41, 5.74) is 7.25. The van der Waals surface area contributed by atoms with Crippen LogP contribution in [0.25, 0.3) is 10.9 Å². The Balaban J connectivity index is 1.85. The number of para-hydroxylation sites is 1. The molecule has 0 aliphatic carbocycles. The van der Waals surface area contributed by atoms with Gasteiger partial charge in [0.15, 0.2) is 9.84 Å². The topological polar surface area (TPSA) is 102 Å². The second-order valence-corrected chi connectivity index (χ2v) is 7.42. The number of anilines is 1. The molecule has 0 bridgehead atoms. The molecule has 1 amide bonds. The smallest absolute Gasteiger partial charge is 0.270 e. The molecule has 1 aliphatic rings. The van der Waals surface area contributed by atoms with Crippen molar-refractivity contribution in [3.05, 3.63) is 36.0 Å². The number of hydrogen-bond acceptors (Lipinski definition) is 5. The minimum absolute atomic E-state index is 0.0121. The van der Waals surface area contributed by atoms with Gasteiger partial charge in [-0.1, -0.05) is 18.2 Å². The van der Waals surface area contributed by atoms with Crippen LogP contribution in [0.4, 0.5) is 5.69 Å². The van der Waals surface area contributed by atoms with E-state index in [1.807, 2.05) is 18.2 Å². The summed E-state index contributed by atoms with van der Waals surface area (Å²) in [5.74, 6) is -0.290. The third-order valence-electron chi connectivity index (χ3n) is 3.55. The first-order valence-electron chi connectivity index (χ1n) is 6.61. The molecule has 1 aromatic heterocycles. The highest BCUT2D eigenvalue weighted by molar-refractivity contribution is 7.91. The third-order valence-corrected chi connectivity index (χ3v) is 5.32. The quantitative estimate of drug-likeness (QED) is 0.851. The van der Waals surface area contributed by atoms with Crippen molar-refractivity contribution in [3.63, 3.8) is 0 Å². The maximum absolute atomic E-state index is 12.2. The molecule has 3 rings (SSSR count). The molecule has 7 heteroatoms. The van der Waals surface area contributed by atoms with Gasteiger partial charge in [0.25, 0.3) is 5.91 Å². The van der Waals surface area contributed by atoms with Crippen molar-refractivity contribution >= 4 is 32.3 Å². The van der Waals surface area contributed by atoms with Gasteiger partial charge in [0.1, 0.15) is 5.69 Å². The van der Waals surface area contributed by atoms with E-state index < -0.39 is 15.7 Å². The van der Waals surface area contributed by atoms with Gasteiger partial charge >= 0.3 is 0 Å². The molecule has 1 aliphatic heterocycles. The van der Waals surface area contributed by atoms with Crippen molar-refractivity contribution in [2.75, 3.05) is 17.2 Å². The lowest BCUT2D eigenvalue weighted by Gasteiger charge is -2.11. The van der Waals surface area contributed by atoms with Crippen LogP contribution in [0, 0.1) is 0 Å². The summed E-state index contributed by atoms with van der Waals surface area (Å²) in [6.45, 7) is 0. The molecule has 1 atom stereocenters. The zero-order valence-corrected chi connectivity index (χ0v) is 12.1. The van der Waals surface area contributed by atoms with E-state index in [0.717, 1.165) is 5.39 Å². The summed E-state index contributed by atoms with van der Waals surface area (Å²) in [6, 6.07) is 8.45. The van der Waals surface area contributed by atoms with Crippen LogP contribution in [0.3, 0.4) is 0 Å². The van der Waals surface area contributed by atoms with Crippen LogP contribution in [0.5, 0.6) is 0 Å². The van der Waals surface area contributed by atoms with Crippen molar-refractivity contribution in [2.45, 2.75) is 12.5 Å². The van der Waals surface area contributed by atoms with Gasteiger partial charge in [-0.25, -0.2) is 13.4 Å². The predicted octanol–water partition coefficient (Wildman–Crippen LogP) is 0.734. The molecule has 0 radical (unpaired) electrons. The van der Waals surface area contributed by atoms with E-state index in [4.69, 9.17) is 5.73 Å². The number of nitrogens with one attached hydrogen (secondary N) is 1. The summed E-state index contributed by atoms with van der Waals surface area (Å²) in [6.07, 6.45) is 0.442. The Labute approximate surface area is 122 Å². The summed E-state index contributed by atoms with van der Waals surface area (Å²) in [7, 11) is -3.03. The van der Waals surface area contributed by atoms with E-state index in [1.165, 1.54) is 6.07 Å². The molecule has 0 spiro atoms. The fourth-order valence-electron chi connectivity index (χ4n) is 2.49. The van der Waals surface area contributed by atoms with Crippen LogP contribution >= 0.6 is 0 Å². The van der Waals surface area contributed by atoms with Crippen LogP contribution < -0.4 is 11.1 Å². The standard InChI is InChI=1S/C14H15N3O3S/c15-11-7-13(17-12-4-2-1-3-10(11)12)14(18)16-9-5-6-21(19,20)8-9/h1-4,7,9H,5-6,8H2,(H2,15,17)(H,16,18). The van der Waals surface area contributed by atoms with Crippen LogP contribution in [0.15, 0.2) is 30.3 Å². The Bertz CT molecular complexity index is 817. The monoisotopic (exact) mass is 305 g/mol. The molecule has 21 heavy (non-hydrogen) atoms. The van der Waals surface area contributed by atoms with Gasteiger partial charge in [-0.3, -0.25) is 4.79 Å². The lowest BCUT2D eigenvalue weighted by atomic mass is 10.1. The fourth-order valence-corrected chi connectivity index (χ4v) is 4.16. The second-order valence-electron chi connectivity index (χ2n) is 5.19. The average Bonchev–Trinajstić information content (AvgIpc) is 2.78. The van der Waals surface area contributed by atoms with Crippen molar-refractivity contribution in [1.29, 1.82) is 0 Å². The van der Waals surface area contributed by atoms with Crippen molar-refractivity contribution in [2.24, 2.45) is 0 Å². The molecule has 2 heterocycles. The van der Waals surface area contributed by atoms with Crippen molar-refractivity contribution < 1.29 is 13.2 Å². The highest BCUT2D eigenvalue weighted by atomic mass is 32.2. The maximum atomic E-state index is 12.2. The van der Waals surface area contributed by atoms with Crippen LogP contribution in [0.1, 0.15) is 16.9 Å². The molecule has 1 fully saturated rings. The van der Waals surface area contributed by atoms with Crippen LogP contribution in [-0.4, -0.2) is 36.9 Å². The van der Waals surface area contributed by atoms with E-state index in [1.54, 1.807) is 6.07 Å². The number of nitrogens with zero attached hydrogens (tertiary/aromatic N) is 1. The van der Waals surface area contributed by atoms with E-state index in [9.17, 15) is 13.2 Å². The van der Waals surface area contributed by atoms with Gasteiger partial charge < -0.3 is 11.1 Å². The van der Waals surface area contributed by atoms with Gasteiger partial charge in [-0.2, -0.15) is 0 Å². The average molecular weight is 305 g/mol. The largest absolute Gasteiger partial charge is 0.398 e. The van der Waals surface area contributed by atoms with E-state index in [2.05, 4.69) is 10.3 Å². The van der Waals surface area contributed by atoms with Crippen molar-refractivity contribution in [3.8, 4) is 0 Å². The summed E-state index contributed by atoms with van der Waals surface area (Å²) in [4.78, 5) is 16.5. The van der Waals surface area contributed by atoms with Crippen molar-refractivity contribution in [1.82, 2.24) is 10.3 Å². The van der Waals surface area contributed by atoms with Gasteiger partial charge in [-0.05, 0) is 18.6 Å². The highest BCUT2D eigenvalue weighted by Gasteiger charge is 2.29. The number of fused-ring (bicyclic) bond motifs is 1. The number of amides is 1. The third kappa shape index (κ3) is 2.82. The highest BCUT2D eigenvalue weighted by Crippen LogP contribution is 2.20. The van der Waals surface area contributed by atoms with E-state index >= 15 is 0 Å². The molecule has 3 N–H and O–H groups in total. The van der Waals surface area contributed by atoms with Gasteiger partial charge in [0.2, 0.25) is 0 Å². The molecule has 1 unspecified atom stereocenters. The maximum Gasteiger partial charge on any atom is 0.270 e. The number of benzene rings is 1. The lowest BCUT2D eigenvalue weighted by Crippen LogP contribution is -2.36. The summed E-state index contributed by atoms with van der Waals surface area (Å²) < 4.78 is 22.8. The molecular formula is C14H15N3O3S. The van der Waals surface area contributed by atoms with Gasteiger partial charge in [0.05, 0.1) is 17.0 Å². The van der Waals surface area contributed by atoms with Crippen LogP contribution in [0.2, 0.25) is 0 Å². The number of rotatable bonds is 2. The fraction of sp³-hybridized carbons (Fsp3) is 0.286. The number of carbonyl (C=O) groups excluding carboxylic acids is 1. The molecule has 0 saturated carbocycles. The minimum Gasteiger partial charge on any atom is -0.398 e. The number of pyridine rings is 1. The van der Waals surface area contributed by atoms with Gasteiger partial charge in [-0.15, -0.1) is 0 Å². The molecule has 1 saturated heterocycles. The minimum atomic E-state index is -3.03. The molecule has 6 nitrogen and oxygen atoms in total. The lowest BCUT2D eigenvalue weighted by molar-refractivity contribution is 0.0936. The normalized spacial score (nSPS) is 20.5. The van der Waals surface area contributed by atoms with Gasteiger partial charge in [0, 0.05) is 17.1 Å². The first-order valence-corrected chi connectivity index (χ1v) is 8.43. The van der Waals surface area contributed by atoms with E-state index in [0.29, 0.717) is 17.6 Å². The molecule has 110 valence electrons. The number of hydrogen-bond donors (Lipinski definition) is 2. The Morgan fingerprint density at radius 1 is 1.33 bits per heavy atom. The summed E-state index contributed by atoms with van der Waals surface area (Å²) in [5, 5.41) is 3.50. The van der Waals surface area contributed by atoms with E-state index in [-0.39, 0.29) is 23.2 Å². The number of aromatic nitrogens is 1. The Morgan fingerprint density at radius 3 is 2.81 bits per heavy atom. The summed E-state index contributed by atoms with van der Waals surface area (Å²) >= 11 is 0. The first kappa shape index (κ1) is 13.8. The Morgan fingerprint density at radius 2 is 2.10 bits per heavy atom. The molecule has 2 aromatic rings. The Hall–Kier alpha value is -2.15. The Kier molecular flexibility index (Phi) is 3.29. The first-order chi connectivity index (χ1) is 9.94. The zero-order valence-electron chi connectivity index (χ0n) is 11.2. The molecule has 1 aromatic carbocycles. The SMILES string of the molecule is Nc1cc(C(=O)NC2CCS(=O)(=O)C2)nc2ccccc12. The number of sulfone groups is 1. The second kappa shape index (κ2) is 5.00. The predicted molar refractivity (Wildman–Crippen MR) is 80.7 cm³/mol. The number of nitrogens with two attached hydrogens (primary N) is 1. The van der Waals surface area contributed by atoms with Crippen LogP contribution in [-0.2, 0) is 9.84 Å². The number of carbonyl (C=O) groups is 1. The number of nitrogen functional groups attached to an aromatic ring is 1. The zero-order chi connectivity index (χ0) is 15.0.